The van der Waals surface area contributed by atoms with E-state index in [4.69, 9.17) is 21.1 Å². The van der Waals surface area contributed by atoms with Crippen molar-refractivity contribution in [1.29, 1.82) is 0 Å². The van der Waals surface area contributed by atoms with Crippen molar-refractivity contribution < 1.29 is 14.3 Å². The number of H-pyrrole nitrogens is 1. The number of carbonyl (C=O) groups is 1. The zero-order valence-corrected chi connectivity index (χ0v) is 17.0. The molecule has 6 heteroatoms. The molecule has 1 unspecified atom stereocenters. The number of ether oxygens (including phenoxy) is 2. The molecule has 3 aromatic rings. The summed E-state index contributed by atoms with van der Waals surface area (Å²) >= 11 is 6.06. The molecule has 0 spiro atoms. The van der Waals surface area contributed by atoms with Crippen LogP contribution in [0.5, 0.6) is 11.5 Å². The Bertz CT molecular complexity index is 1070. The standard InChI is InChI=1S/C23H23ClN2O3/c1-28-17-3-4-20-18(12-17)19(13-25-20)14-6-8-26(9-7-14)23(27)22-11-15-10-16(24)2-5-21(15)29-22/h2-5,10,12-14,22,25H,6-9,11H2,1H3. The van der Waals surface area contributed by atoms with Crippen molar-refractivity contribution in [3.63, 3.8) is 0 Å². The van der Waals surface area contributed by atoms with Crippen molar-refractivity contribution in [2.24, 2.45) is 0 Å². The number of piperidine rings is 1. The van der Waals surface area contributed by atoms with E-state index in [1.165, 1.54) is 10.9 Å². The van der Waals surface area contributed by atoms with Crippen LogP contribution in [0.2, 0.25) is 5.02 Å². The number of aromatic amines is 1. The van der Waals surface area contributed by atoms with E-state index < -0.39 is 6.10 Å². The maximum Gasteiger partial charge on any atom is 0.263 e. The van der Waals surface area contributed by atoms with Crippen molar-refractivity contribution >= 4 is 28.4 Å². The Kier molecular flexibility index (Phi) is 4.63. The Hall–Kier alpha value is -2.66. The predicted octanol–water partition coefficient (Wildman–Crippen LogP) is 4.54. The van der Waals surface area contributed by atoms with Crippen LogP contribution in [0.4, 0.5) is 0 Å². The average molecular weight is 411 g/mol. The summed E-state index contributed by atoms with van der Waals surface area (Å²) in [6, 6.07) is 11.7. The van der Waals surface area contributed by atoms with Gasteiger partial charge in [0.25, 0.3) is 5.91 Å². The van der Waals surface area contributed by atoms with Gasteiger partial charge >= 0.3 is 0 Å². The molecule has 5 rings (SSSR count). The average Bonchev–Trinajstić information content (AvgIpc) is 3.36. The van der Waals surface area contributed by atoms with Crippen LogP contribution in [-0.4, -0.2) is 42.1 Å². The molecule has 1 saturated heterocycles. The number of hydrogen-bond donors (Lipinski definition) is 1. The maximum absolute atomic E-state index is 13.0. The van der Waals surface area contributed by atoms with Crippen LogP contribution in [0, 0.1) is 0 Å². The number of methoxy groups -OCH3 is 1. The Labute approximate surface area is 174 Å². The Morgan fingerprint density at radius 2 is 2.03 bits per heavy atom. The zero-order valence-electron chi connectivity index (χ0n) is 16.3. The van der Waals surface area contributed by atoms with Gasteiger partial charge in [0, 0.05) is 41.6 Å². The number of rotatable bonds is 3. The molecule has 150 valence electrons. The molecule has 3 heterocycles. The smallest absolute Gasteiger partial charge is 0.263 e. The Morgan fingerprint density at radius 1 is 1.21 bits per heavy atom. The number of halogens is 1. The highest BCUT2D eigenvalue weighted by Gasteiger charge is 2.34. The van der Waals surface area contributed by atoms with Crippen molar-refractivity contribution in [2.75, 3.05) is 20.2 Å². The quantitative estimate of drug-likeness (QED) is 0.689. The summed E-state index contributed by atoms with van der Waals surface area (Å²) < 4.78 is 11.3. The summed E-state index contributed by atoms with van der Waals surface area (Å²) in [5.41, 5.74) is 3.44. The fourth-order valence-electron chi connectivity index (χ4n) is 4.56. The van der Waals surface area contributed by atoms with Crippen LogP contribution in [-0.2, 0) is 11.2 Å². The lowest BCUT2D eigenvalue weighted by Crippen LogP contribution is -2.45. The van der Waals surface area contributed by atoms with Gasteiger partial charge in [-0.25, -0.2) is 0 Å². The molecule has 2 aliphatic rings. The number of nitrogens with zero attached hydrogens (tertiary/aromatic N) is 1. The van der Waals surface area contributed by atoms with Crippen LogP contribution in [0.1, 0.15) is 29.9 Å². The third-order valence-corrected chi connectivity index (χ3v) is 6.37. The summed E-state index contributed by atoms with van der Waals surface area (Å²) in [6.45, 7) is 1.49. The van der Waals surface area contributed by atoms with E-state index in [1.807, 2.05) is 23.1 Å². The second-order valence-electron chi connectivity index (χ2n) is 7.82. The summed E-state index contributed by atoms with van der Waals surface area (Å²) in [5.74, 6) is 2.15. The van der Waals surface area contributed by atoms with Crippen LogP contribution >= 0.6 is 11.6 Å². The summed E-state index contributed by atoms with van der Waals surface area (Å²) in [5, 5.41) is 1.89. The molecule has 5 nitrogen and oxygen atoms in total. The second kappa shape index (κ2) is 7.30. The molecular formula is C23H23ClN2O3. The molecule has 0 saturated carbocycles. The van der Waals surface area contributed by atoms with Crippen LogP contribution in [0.3, 0.4) is 0 Å². The van der Waals surface area contributed by atoms with E-state index in [1.54, 1.807) is 13.2 Å². The van der Waals surface area contributed by atoms with Gasteiger partial charge in [0.2, 0.25) is 0 Å². The monoisotopic (exact) mass is 410 g/mol. The summed E-state index contributed by atoms with van der Waals surface area (Å²) in [7, 11) is 1.69. The number of likely N-dealkylation sites (tertiary alicyclic amines) is 1. The van der Waals surface area contributed by atoms with Crippen LogP contribution in [0.25, 0.3) is 10.9 Å². The third kappa shape index (κ3) is 3.33. The number of aromatic nitrogens is 1. The molecule has 2 aromatic carbocycles. The van der Waals surface area contributed by atoms with Gasteiger partial charge in [0.05, 0.1) is 7.11 Å². The van der Waals surface area contributed by atoms with E-state index in [0.29, 0.717) is 17.4 Å². The minimum absolute atomic E-state index is 0.0800. The van der Waals surface area contributed by atoms with Gasteiger partial charge in [-0.3, -0.25) is 4.79 Å². The van der Waals surface area contributed by atoms with Gasteiger partial charge in [0.15, 0.2) is 6.10 Å². The first-order valence-electron chi connectivity index (χ1n) is 10.0. The molecular weight excluding hydrogens is 388 g/mol. The number of benzene rings is 2. The van der Waals surface area contributed by atoms with Gasteiger partial charge in [-0.05, 0) is 66.3 Å². The zero-order chi connectivity index (χ0) is 20.0. The topological polar surface area (TPSA) is 54.6 Å². The van der Waals surface area contributed by atoms with Gasteiger partial charge in [0.1, 0.15) is 11.5 Å². The molecule has 0 bridgehead atoms. The van der Waals surface area contributed by atoms with E-state index in [-0.39, 0.29) is 5.91 Å². The van der Waals surface area contributed by atoms with Crippen molar-refractivity contribution in [2.45, 2.75) is 31.3 Å². The molecule has 0 aliphatic carbocycles. The minimum Gasteiger partial charge on any atom is -0.497 e. The first-order chi connectivity index (χ1) is 14.1. The number of carbonyl (C=O) groups excluding carboxylic acids is 1. The fourth-order valence-corrected chi connectivity index (χ4v) is 4.75. The largest absolute Gasteiger partial charge is 0.497 e. The summed E-state index contributed by atoms with van der Waals surface area (Å²) in [4.78, 5) is 18.3. The van der Waals surface area contributed by atoms with E-state index >= 15 is 0 Å². The van der Waals surface area contributed by atoms with E-state index in [0.717, 1.165) is 48.5 Å². The molecule has 29 heavy (non-hydrogen) atoms. The maximum atomic E-state index is 13.0. The lowest BCUT2D eigenvalue weighted by molar-refractivity contribution is -0.139. The predicted molar refractivity (Wildman–Crippen MR) is 113 cm³/mol. The second-order valence-corrected chi connectivity index (χ2v) is 8.25. The number of amides is 1. The highest BCUT2D eigenvalue weighted by atomic mass is 35.5. The number of hydrogen-bond acceptors (Lipinski definition) is 3. The van der Waals surface area contributed by atoms with Gasteiger partial charge < -0.3 is 19.4 Å². The molecule has 1 aromatic heterocycles. The number of fused-ring (bicyclic) bond motifs is 2. The van der Waals surface area contributed by atoms with E-state index in [9.17, 15) is 4.79 Å². The summed E-state index contributed by atoms with van der Waals surface area (Å²) in [6.07, 6.45) is 4.16. The normalized spacial score (nSPS) is 19.2. The fraction of sp³-hybridized carbons (Fsp3) is 0.348. The van der Waals surface area contributed by atoms with Crippen LogP contribution in [0.15, 0.2) is 42.6 Å². The van der Waals surface area contributed by atoms with Crippen molar-refractivity contribution in [3.8, 4) is 11.5 Å². The number of nitrogens with one attached hydrogen (secondary N) is 1. The van der Waals surface area contributed by atoms with Gasteiger partial charge in [-0.1, -0.05) is 11.6 Å². The van der Waals surface area contributed by atoms with Gasteiger partial charge in [-0.15, -0.1) is 0 Å². The lowest BCUT2D eigenvalue weighted by Gasteiger charge is -2.33. The van der Waals surface area contributed by atoms with E-state index in [2.05, 4.69) is 23.3 Å². The first-order valence-corrected chi connectivity index (χ1v) is 10.4. The molecule has 2 aliphatic heterocycles. The van der Waals surface area contributed by atoms with Crippen molar-refractivity contribution in [1.82, 2.24) is 9.88 Å². The van der Waals surface area contributed by atoms with Gasteiger partial charge in [-0.2, -0.15) is 0 Å². The Balaban J connectivity index is 1.26. The molecule has 0 radical (unpaired) electrons. The molecule has 1 fully saturated rings. The highest BCUT2D eigenvalue weighted by Crippen LogP contribution is 2.36. The van der Waals surface area contributed by atoms with Crippen molar-refractivity contribution in [3.05, 3.63) is 58.7 Å². The Morgan fingerprint density at radius 3 is 2.83 bits per heavy atom. The lowest BCUT2D eigenvalue weighted by atomic mass is 9.89. The molecule has 1 N–H and O–H groups in total. The SMILES string of the molecule is COc1ccc2[nH]cc(C3CCN(C(=O)C4Cc5cc(Cl)ccc5O4)CC3)c2c1. The first kappa shape index (κ1) is 18.4. The van der Waals surface area contributed by atoms with Crippen LogP contribution < -0.4 is 9.47 Å². The molecule has 1 amide bonds. The molecule has 1 atom stereocenters. The third-order valence-electron chi connectivity index (χ3n) is 6.14. The minimum atomic E-state index is -0.433. The highest BCUT2D eigenvalue weighted by molar-refractivity contribution is 6.30.